The van der Waals surface area contributed by atoms with Crippen molar-refractivity contribution >= 4 is 23.3 Å². The van der Waals surface area contributed by atoms with Crippen molar-refractivity contribution in [1.29, 1.82) is 0 Å². The Morgan fingerprint density at radius 3 is 2.60 bits per heavy atom. The van der Waals surface area contributed by atoms with E-state index < -0.39 is 18.5 Å². The Bertz CT molecular complexity index is 753. The van der Waals surface area contributed by atoms with Crippen molar-refractivity contribution in [2.45, 2.75) is 6.61 Å². The van der Waals surface area contributed by atoms with Gasteiger partial charge in [0.15, 0.2) is 0 Å². The van der Waals surface area contributed by atoms with Crippen molar-refractivity contribution in [3.05, 3.63) is 54.1 Å². The molecular weight excluding hydrogens is 334 g/mol. The van der Waals surface area contributed by atoms with Gasteiger partial charge in [0, 0.05) is 5.69 Å². The normalized spacial score (nSPS) is 10.2. The molecule has 0 bridgehead atoms. The number of ether oxygens (including phenoxy) is 2. The number of nitrogens with one attached hydrogen (secondary N) is 2. The maximum absolute atomic E-state index is 12.4. The number of carbonyl (C=O) groups excluding carboxylic acids is 2. The van der Waals surface area contributed by atoms with Crippen LogP contribution < -0.4 is 15.4 Å². The van der Waals surface area contributed by atoms with Crippen LogP contribution in [0.4, 0.5) is 20.2 Å². The van der Waals surface area contributed by atoms with Crippen molar-refractivity contribution < 1.29 is 27.8 Å². The summed E-state index contributed by atoms with van der Waals surface area (Å²) in [6.45, 7) is -3.12. The molecule has 0 aromatic heterocycles. The second kappa shape index (κ2) is 8.62. The van der Waals surface area contributed by atoms with Gasteiger partial charge in [-0.05, 0) is 30.3 Å². The average Bonchev–Trinajstić information content (AvgIpc) is 2.61. The summed E-state index contributed by atoms with van der Waals surface area (Å²) in [5.74, 6) is -1.08. The Morgan fingerprint density at radius 1 is 1.12 bits per heavy atom. The first kappa shape index (κ1) is 18.2. The summed E-state index contributed by atoms with van der Waals surface area (Å²) in [5, 5.41) is 5.32. The third-order valence-corrected chi connectivity index (χ3v) is 3.11. The summed E-state index contributed by atoms with van der Waals surface area (Å²) in [4.78, 5) is 23.5. The van der Waals surface area contributed by atoms with Gasteiger partial charge in [-0.1, -0.05) is 18.2 Å². The highest BCUT2D eigenvalue weighted by molar-refractivity contribution is 5.95. The number of amides is 1. The molecule has 0 saturated heterocycles. The van der Waals surface area contributed by atoms with Gasteiger partial charge in [-0.25, -0.2) is 4.79 Å². The molecule has 2 N–H and O–H groups in total. The Kier molecular flexibility index (Phi) is 6.27. The number of hydrogen-bond acceptors (Lipinski definition) is 5. The summed E-state index contributed by atoms with van der Waals surface area (Å²) in [7, 11) is 1.27. The standard InChI is InChI=1S/C17H16F2N2O4/c1-24-16(23)11-5-4-6-12(9-11)20-10-15(22)21-13-7-2-3-8-14(13)25-17(18)19/h2-9,17,20H,10H2,1H3,(H,21,22). The lowest BCUT2D eigenvalue weighted by Crippen LogP contribution is -2.22. The predicted molar refractivity (Wildman–Crippen MR) is 88.0 cm³/mol. The Balaban J connectivity index is 1.97. The first-order chi connectivity index (χ1) is 12.0. The second-order valence-corrected chi connectivity index (χ2v) is 4.85. The number of para-hydroxylation sites is 2. The molecule has 6 nitrogen and oxygen atoms in total. The van der Waals surface area contributed by atoms with Crippen molar-refractivity contribution in [1.82, 2.24) is 0 Å². The van der Waals surface area contributed by atoms with E-state index in [-0.39, 0.29) is 18.0 Å². The maximum atomic E-state index is 12.4. The maximum Gasteiger partial charge on any atom is 0.387 e. The highest BCUT2D eigenvalue weighted by Gasteiger charge is 2.12. The molecular formula is C17H16F2N2O4. The fourth-order valence-electron chi connectivity index (χ4n) is 2.02. The number of hydrogen-bond donors (Lipinski definition) is 2. The molecule has 0 radical (unpaired) electrons. The number of anilines is 2. The van der Waals surface area contributed by atoms with Crippen LogP contribution in [0.2, 0.25) is 0 Å². The quantitative estimate of drug-likeness (QED) is 0.751. The molecule has 25 heavy (non-hydrogen) atoms. The van der Waals surface area contributed by atoms with E-state index >= 15 is 0 Å². The van der Waals surface area contributed by atoms with Gasteiger partial charge in [0.1, 0.15) is 5.75 Å². The van der Waals surface area contributed by atoms with Gasteiger partial charge in [-0.3, -0.25) is 4.79 Å². The fraction of sp³-hybridized carbons (Fsp3) is 0.176. The van der Waals surface area contributed by atoms with Crippen LogP contribution >= 0.6 is 0 Å². The summed E-state index contributed by atoms with van der Waals surface area (Å²) >= 11 is 0. The van der Waals surface area contributed by atoms with E-state index in [4.69, 9.17) is 0 Å². The lowest BCUT2D eigenvalue weighted by Gasteiger charge is -2.12. The van der Waals surface area contributed by atoms with Crippen molar-refractivity contribution in [3.63, 3.8) is 0 Å². The van der Waals surface area contributed by atoms with E-state index in [1.165, 1.54) is 31.4 Å². The monoisotopic (exact) mass is 350 g/mol. The van der Waals surface area contributed by atoms with Gasteiger partial charge in [-0.15, -0.1) is 0 Å². The zero-order valence-electron chi connectivity index (χ0n) is 13.3. The highest BCUT2D eigenvalue weighted by Crippen LogP contribution is 2.25. The third kappa shape index (κ3) is 5.45. The summed E-state index contributed by atoms with van der Waals surface area (Å²) < 4.78 is 33.7. The minimum absolute atomic E-state index is 0.126. The number of benzene rings is 2. The molecule has 0 heterocycles. The largest absolute Gasteiger partial charge is 0.465 e. The molecule has 0 unspecified atom stereocenters. The molecule has 132 valence electrons. The Hall–Kier alpha value is -3.16. The van der Waals surface area contributed by atoms with Crippen LogP contribution in [0.15, 0.2) is 48.5 Å². The average molecular weight is 350 g/mol. The number of carbonyl (C=O) groups is 2. The number of rotatable bonds is 7. The molecule has 2 rings (SSSR count). The van der Waals surface area contributed by atoms with Gasteiger partial charge < -0.3 is 20.1 Å². The Morgan fingerprint density at radius 2 is 1.88 bits per heavy atom. The fourth-order valence-corrected chi connectivity index (χ4v) is 2.02. The van der Waals surface area contributed by atoms with Crippen LogP contribution in [0.25, 0.3) is 0 Å². The molecule has 0 saturated carbocycles. The lowest BCUT2D eigenvalue weighted by molar-refractivity contribution is -0.114. The first-order valence-electron chi connectivity index (χ1n) is 7.25. The lowest BCUT2D eigenvalue weighted by atomic mass is 10.2. The number of esters is 1. The van der Waals surface area contributed by atoms with Gasteiger partial charge in [0.25, 0.3) is 0 Å². The zero-order chi connectivity index (χ0) is 18.2. The molecule has 0 aliphatic rings. The van der Waals surface area contributed by atoms with Crippen LogP contribution in [0.3, 0.4) is 0 Å². The smallest absolute Gasteiger partial charge is 0.387 e. The molecule has 1 amide bonds. The van der Waals surface area contributed by atoms with E-state index in [2.05, 4.69) is 20.1 Å². The molecule has 8 heteroatoms. The molecule has 2 aromatic carbocycles. The van der Waals surface area contributed by atoms with E-state index in [9.17, 15) is 18.4 Å². The molecule has 0 aliphatic carbocycles. The van der Waals surface area contributed by atoms with E-state index in [1.54, 1.807) is 24.3 Å². The van der Waals surface area contributed by atoms with Crippen molar-refractivity contribution in [2.75, 3.05) is 24.3 Å². The van der Waals surface area contributed by atoms with Gasteiger partial charge >= 0.3 is 12.6 Å². The third-order valence-electron chi connectivity index (χ3n) is 3.11. The van der Waals surface area contributed by atoms with Gasteiger partial charge in [-0.2, -0.15) is 8.78 Å². The second-order valence-electron chi connectivity index (χ2n) is 4.85. The van der Waals surface area contributed by atoms with E-state index in [0.717, 1.165) is 0 Å². The molecule has 0 fully saturated rings. The SMILES string of the molecule is COC(=O)c1cccc(NCC(=O)Nc2ccccc2OC(F)F)c1. The molecule has 0 atom stereocenters. The van der Waals surface area contributed by atoms with Gasteiger partial charge in [0.05, 0.1) is 24.9 Å². The van der Waals surface area contributed by atoms with Crippen LogP contribution in [0.5, 0.6) is 5.75 Å². The van der Waals surface area contributed by atoms with Crippen LogP contribution in [-0.2, 0) is 9.53 Å². The number of methoxy groups -OCH3 is 1. The summed E-state index contributed by atoms with van der Waals surface area (Å²) in [6.07, 6.45) is 0. The summed E-state index contributed by atoms with van der Waals surface area (Å²) in [6, 6.07) is 12.3. The Labute approximate surface area is 142 Å². The molecule has 0 aliphatic heterocycles. The van der Waals surface area contributed by atoms with E-state index in [1.807, 2.05) is 0 Å². The van der Waals surface area contributed by atoms with Crippen LogP contribution in [0.1, 0.15) is 10.4 Å². The van der Waals surface area contributed by atoms with Crippen molar-refractivity contribution in [2.24, 2.45) is 0 Å². The highest BCUT2D eigenvalue weighted by atomic mass is 19.3. The topological polar surface area (TPSA) is 76.7 Å². The molecule has 2 aromatic rings. The number of alkyl halides is 2. The minimum Gasteiger partial charge on any atom is -0.465 e. The van der Waals surface area contributed by atoms with Crippen LogP contribution in [0, 0.1) is 0 Å². The first-order valence-corrected chi connectivity index (χ1v) is 7.25. The van der Waals surface area contributed by atoms with Crippen LogP contribution in [-0.4, -0.2) is 32.1 Å². The summed E-state index contributed by atoms with van der Waals surface area (Å²) in [5.41, 5.74) is 1.01. The van der Waals surface area contributed by atoms with Gasteiger partial charge in [0.2, 0.25) is 5.91 Å². The van der Waals surface area contributed by atoms with Crippen molar-refractivity contribution in [3.8, 4) is 5.75 Å². The number of halogens is 2. The molecule has 0 spiro atoms. The predicted octanol–water partition coefficient (Wildman–Crippen LogP) is 3.13. The zero-order valence-corrected chi connectivity index (χ0v) is 13.3. The van der Waals surface area contributed by atoms with E-state index in [0.29, 0.717) is 11.3 Å². The minimum atomic E-state index is -2.99.